The van der Waals surface area contributed by atoms with Gasteiger partial charge in [-0.2, -0.15) is 0 Å². The quantitative estimate of drug-likeness (QED) is 0.694. The lowest BCUT2D eigenvalue weighted by Gasteiger charge is -2.23. The predicted octanol–water partition coefficient (Wildman–Crippen LogP) is 3.06. The molecule has 1 aromatic carbocycles. The molecule has 0 radical (unpaired) electrons. The topological polar surface area (TPSA) is 31.6 Å². The Morgan fingerprint density at radius 1 is 0.682 bits per heavy atom. The average molecular weight is 300 g/mol. The van der Waals surface area contributed by atoms with E-state index in [-0.39, 0.29) is 0 Å². The lowest BCUT2D eigenvalue weighted by molar-refractivity contribution is -0.883. The number of hydrogen-bond donors (Lipinski definition) is 2. The number of nitrogens with zero attached hydrogens (tertiary/aromatic N) is 2. The van der Waals surface area contributed by atoms with Gasteiger partial charge in [-0.3, -0.25) is 0 Å². The molecule has 118 valence electrons. The Labute approximate surface area is 132 Å². The van der Waals surface area contributed by atoms with E-state index in [1.165, 1.54) is 32.9 Å². The van der Waals surface area contributed by atoms with Gasteiger partial charge in [0.25, 0.3) is 0 Å². The summed E-state index contributed by atoms with van der Waals surface area (Å²) >= 11 is 0. The van der Waals surface area contributed by atoms with Gasteiger partial charge in [0, 0.05) is 45.3 Å². The van der Waals surface area contributed by atoms with Crippen LogP contribution in [0.2, 0.25) is 0 Å². The second kappa shape index (κ2) is 4.86. The molecule has 0 amide bonds. The minimum atomic E-state index is 0.933. The van der Waals surface area contributed by atoms with E-state index in [2.05, 4.69) is 76.8 Å². The maximum absolute atomic E-state index is 3.45. The minimum Gasteiger partial charge on any atom is -0.361 e. The maximum Gasteiger partial charge on any atom is 0.106 e. The Kier molecular flexibility index (Phi) is 3.34. The fraction of sp³-hybridized carbons (Fsp3) is 0.444. The Morgan fingerprint density at radius 3 is 1.36 bits per heavy atom. The van der Waals surface area contributed by atoms with Crippen LogP contribution in [-0.2, 0) is 13.1 Å². The highest BCUT2D eigenvalue weighted by Gasteiger charge is 2.17. The summed E-state index contributed by atoms with van der Waals surface area (Å²) in [4.78, 5) is 6.91. The van der Waals surface area contributed by atoms with E-state index in [1.807, 2.05) is 0 Å². The van der Waals surface area contributed by atoms with Gasteiger partial charge in [-0.1, -0.05) is 0 Å². The molecule has 0 aliphatic heterocycles. The third-order valence-electron chi connectivity index (χ3n) is 3.94. The van der Waals surface area contributed by atoms with Crippen LogP contribution in [-0.4, -0.2) is 61.2 Å². The summed E-state index contributed by atoms with van der Waals surface area (Å²) in [6.45, 7) is 2.05. The fourth-order valence-electron chi connectivity index (χ4n) is 3.14. The Balaban J connectivity index is 2.09. The molecular formula is C18H28N4+2. The molecule has 22 heavy (non-hydrogen) atoms. The van der Waals surface area contributed by atoms with Crippen molar-refractivity contribution in [2.75, 3.05) is 42.3 Å². The number of aromatic amines is 2. The van der Waals surface area contributed by atoms with Crippen molar-refractivity contribution in [1.29, 1.82) is 0 Å². The molecule has 0 spiro atoms. The lowest BCUT2D eigenvalue weighted by atomic mass is 10.1. The molecule has 4 heteroatoms. The first kappa shape index (κ1) is 15.1. The van der Waals surface area contributed by atoms with Crippen LogP contribution < -0.4 is 0 Å². The smallest absolute Gasteiger partial charge is 0.106 e. The lowest BCUT2D eigenvalue weighted by Crippen LogP contribution is -2.33. The van der Waals surface area contributed by atoms with Gasteiger partial charge < -0.3 is 18.9 Å². The standard InChI is InChI=1S/C18H28N4/c1-21(2,3)11-13-9-19-17-8-16-14(12-22(4,5)6)10-20-18(16)7-15(13)17/h7-10,19-20H,11-12H2,1-6H3/q+2. The zero-order chi connectivity index (χ0) is 16.1. The van der Waals surface area contributed by atoms with Crippen molar-refractivity contribution in [3.63, 3.8) is 0 Å². The molecule has 0 aliphatic carbocycles. The fourth-order valence-corrected chi connectivity index (χ4v) is 3.14. The molecule has 0 saturated carbocycles. The molecule has 0 fully saturated rings. The van der Waals surface area contributed by atoms with E-state index in [0.717, 1.165) is 22.1 Å². The summed E-state index contributed by atoms with van der Waals surface area (Å²) in [6.07, 6.45) is 4.32. The van der Waals surface area contributed by atoms with E-state index in [0.29, 0.717) is 0 Å². The van der Waals surface area contributed by atoms with E-state index in [4.69, 9.17) is 0 Å². The van der Waals surface area contributed by atoms with Crippen LogP contribution in [0.3, 0.4) is 0 Å². The molecular weight excluding hydrogens is 272 g/mol. The van der Waals surface area contributed by atoms with Crippen LogP contribution in [0.15, 0.2) is 24.5 Å². The average Bonchev–Trinajstić information content (AvgIpc) is 2.89. The number of nitrogens with one attached hydrogen (secondary N) is 2. The monoisotopic (exact) mass is 300 g/mol. The van der Waals surface area contributed by atoms with Crippen LogP contribution in [0, 0.1) is 0 Å². The van der Waals surface area contributed by atoms with Gasteiger partial charge in [0.05, 0.1) is 42.3 Å². The summed E-state index contributed by atoms with van der Waals surface area (Å²) in [5.41, 5.74) is 5.23. The van der Waals surface area contributed by atoms with Crippen molar-refractivity contribution < 1.29 is 8.97 Å². The Bertz CT molecular complexity index is 739. The summed E-state index contributed by atoms with van der Waals surface area (Å²) < 4.78 is 1.87. The Morgan fingerprint density at radius 2 is 1.05 bits per heavy atom. The number of aromatic nitrogens is 2. The third-order valence-corrected chi connectivity index (χ3v) is 3.94. The zero-order valence-electron chi connectivity index (χ0n) is 14.6. The molecule has 0 saturated heterocycles. The number of hydrogen-bond acceptors (Lipinski definition) is 0. The van der Waals surface area contributed by atoms with Crippen molar-refractivity contribution in [2.24, 2.45) is 0 Å². The van der Waals surface area contributed by atoms with E-state index >= 15 is 0 Å². The summed E-state index contributed by atoms with van der Waals surface area (Å²) in [5.74, 6) is 0. The van der Waals surface area contributed by atoms with E-state index in [1.54, 1.807) is 0 Å². The molecule has 0 aliphatic rings. The first-order chi connectivity index (χ1) is 10.1. The molecule has 2 heterocycles. The predicted molar refractivity (Wildman–Crippen MR) is 93.6 cm³/mol. The minimum absolute atomic E-state index is 0.933. The number of benzene rings is 1. The number of H-pyrrole nitrogens is 2. The van der Waals surface area contributed by atoms with Crippen molar-refractivity contribution in [2.45, 2.75) is 13.1 Å². The zero-order valence-corrected chi connectivity index (χ0v) is 14.6. The molecule has 2 N–H and O–H groups in total. The summed E-state index contributed by atoms with van der Waals surface area (Å²) in [7, 11) is 13.4. The summed E-state index contributed by atoms with van der Waals surface area (Å²) in [6, 6.07) is 4.59. The normalized spacial score (nSPS) is 13.4. The van der Waals surface area contributed by atoms with Crippen LogP contribution >= 0.6 is 0 Å². The molecule has 0 atom stereocenters. The van der Waals surface area contributed by atoms with Crippen LogP contribution in [0.25, 0.3) is 21.8 Å². The van der Waals surface area contributed by atoms with E-state index < -0.39 is 0 Å². The Hall–Kier alpha value is -1.78. The first-order valence-electron chi connectivity index (χ1n) is 7.83. The van der Waals surface area contributed by atoms with Crippen molar-refractivity contribution >= 4 is 21.8 Å². The SMILES string of the molecule is C[N+](C)(C)Cc1c[nH]c2cc3c(C[N+](C)(C)C)c[nH]c3cc12. The molecule has 0 unspecified atom stereocenters. The molecule has 3 aromatic rings. The second-order valence-electron chi connectivity index (χ2n) is 8.47. The third kappa shape index (κ3) is 3.03. The van der Waals surface area contributed by atoms with Gasteiger partial charge in [0.1, 0.15) is 13.1 Å². The first-order valence-corrected chi connectivity index (χ1v) is 7.83. The van der Waals surface area contributed by atoms with Crippen molar-refractivity contribution in [3.05, 3.63) is 35.7 Å². The van der Waals surface area contributed by atoms with Crippen LogP contribution in [0.4, 0.5) is 0 Å². The summed E-state index contributed by atoms with van der Waals surface area (Å²) in [5, 5.41) is 2.67. The van der Waals surface area contributed by atoms with Gasteiger partial charge >= 0.3 is 0 Å². The van der Waals surface area contributed by atoms with Gasteiger partial charge in [0.15, 0.2) is 0 Å². The molecule has 3 rings (SSSR count). The van der Waals surface area contributed by atoms with Crippen molar-refractivity contribution in [1.82, 2.24) is 9.97 Å². The van der Waals surface area contributed by atoms with Gasteiger partial charge in [-0.05, 0) is 12.1 Å². The number of quaternary nitrogens is 2. The number of rotatable bonds is 4. The van der Waals surface area contributed by atoms with Crippen LogP contribution in [0.5, 0.6) is 0 Å². The van der Waals surface area contributed by atoms with E-state index in [9.17, 15) is 0 Å². The highest BCUT2D eigenvalue weighted by atomic mass is 15.3. The highest BCUT2D eigenvalue weighted by molar-refractivity contribution is 5.98. The molecule has 0 bridgehead atoms. The van der Waals surface area contributed by atoms with Crippen molar-refractivity contribution in [3.8, 4) is 0 Å². The maximum atomic E-state index is 3.45. The second-order valence-corrected chi connectivity index (χ2v) is 8.47. The van der Waals surface area contributed by atoms with Gasteiger partial charge in [-0.15, -0.1) is 0 Å². The molecule has 4 nitrogen and oxygen atoms in total. The van der Waals surface area contributed by atoms with Gasteiger partial charge in [-0.25, -0.2) is 0 Å². The van der Waals surface area contributed by atoms with Crippen LogP contribution in [0.1, 0.15) is 11.1 Å². The largest absolute Gasteiger partial charge is 0.361 e. The van der Waals surface area contributed by atoms with Gasteiger partial charge in [0.2, 0.25) is 0 Å². The highest BCUT2D eigenvalue weighted by Crippen LogP contribution is 2.28. The number of fused-ring (bicyclic) bond motifs is 2. The molecule has 2 aromatic heterocycles.